The van der Waals surface area contributed by atoms with Crippen LogP contribution in [0.25, 0.3) is 0 Å². The number of benzene rings is 1. The maximum atomic E-state index is 11.4. The monoisotopic (exact) mass is 344 g/mol. The van der Waals surface area contributed by atoms with E-state index in [4.69, 9.17) is 33.2 Å². The zero-order chi connectivity index (χ0) is 16.5. The predicted molar refractivity (Wildman–Crippen MR) is 77.7 cm³/mol. The minimum absolute atomic E-state index is 0.0612. The van der Waals surface area contributed by atoms with E-state index in [1.54, 1.807) is 6.92 Å². The van der Waals surface area contributed by atoms with E-state index >= 15 is 0 Å². The van der Waals surface area contributed by atoms with Gasteiger partial charge in [-0.05, 0) is 25.1 Å². The SMILES string of the molecule is CCOC(=O)/C(C#N)=N/OC(=O)COc1ccc(Cl)cc1Cl. The summed E-state index contributed by atoms with van der Waals surface area (Å²) in [7, 11) is 0. The minimum Gasteiger partial charge on any atom is -0.480 e. The van der Waals surface area contributed by atoms with Crippen LogP contribution in [0.15, 0.2) is 23.4 Å². The number of oxime groups is 1. The van der Waals surface area contributed by atoms with Gasteiger partial charge in [-0.1, -0.05) is 28.4 Å². The lowest BCUT2D eigenvalue weighted by molar-refractivity contribution is -0.146. The highest BCUT2D eigenvalue weighted by molar-refractivity contribution is 6.42. The van der Waals surface area contributed by atoms with Crippen molar-refractivity contribution in [3.8, 4) is 11.8 Å². The molecule has 0 saturated carbocycles. The van der Waals surface area contributed by atoms with Gasteiger partial charge in [-0.25, -0.2) is 9.59 Å². The molecule has 0 atom stereocenters. The number of ether oxygens (including phenoxy) is 2. The third-order valence-corrected chi connectivity index (χ3v) is 2.58. The van der Waals surface area contributed by atoms with Crippen molar-refractivity contribution in [3.63, 3.8) is 0 Å². The number of nitrogens with zero attached hydrogens (tertiary/aromatic N) is 2. The Balaban J connectivity index is 2.56. The Labute approximate surface area is 135 Å². The summed E-state index contributed by atoms with van der Waals surface area (Å²) in [4.78, 5) is 27.0. The molecule has 9 heteroatoms. The molecule has 0 saturated heterocycles. The zero-order valence-electron chi connectivity index (χ0n) is 11.3. The van der Waals surface area contributed by atoms with Gasteiger partial charge in [0.15, 0.2) is 6.61 Å². The number of hydrogen-bond donors (Lipinski definition) is 0. The van der Waals surface area contributed by atoms with Gasteiger partial charge in [0.1, 0.15) is 11.8 Å². The number of carbonyl (C=O) groups is 2. The second-order valence-electron chi connectivity index (χ2n) is 3.60. The first-order valence-electron chi connectivity index (χ1n) is 5.90. The first-order chi connectivity index (χ1) is 10.5. The normalized spacial score (nSPS) is 10.5. The quantitative estimate of drug-likeness (QED) is 0.340. The van der Waals surface area contributed by atoms with E-state index < -0.39 is 24.3 Å². The topological polar surface area (TPSA) is 98.0 Å². The van der Waals surface area contributed by atoms with Gasteiger partial charge in [0.25, 0.3) is 5.71 Å². The fourth-order valence-corrected chi connectivity index (χ4v) is 1.62. The molecule has 0 aliphatic heterocycles. The van der Waals surface area contributed by atoms with Crippen molar-refractivity contribution < 1.29 is 23.9 Å². The molecule has 0 aromatic heterocycles. The summed E-state index contributed by atoms with van der Waals surface area (Å²) in [5, 5.41) is 12.4. The fourth-order valence-electron chi connectivity index (χ4n) is 1.15. The average molecular weight is 345 g/mol. The Hall–Kier alpha value is -2.30. The predicted octanol–water partition coefficient (Wildman–Crippen LogP) is 2.36. The molecule has 7 nitrogen and oxygen atoms in total. The highest BCUT2D eigenvalue weighted by atomic mass is 35.5. The van der Waals surface area contributed by atoms with Crippen LogP contribution in [-0.2, 0) is 19.2 Å². The largest absolute Gasteiger partial charge is 0.480 e. The van der Waals surface area contributed by atoms with Crippen LogP contribution >= 0.6 is 23.2 Å². The molecule has 0 spiro atoms. The molecule has 0 radical (unpaired) electrons. The van der Waals surface area contributed by atoms with E-state index in [-0.39, 0.29) is 17.4 Å². The summed E-state index contributed by atoms with van der Waals surface area (Å²) in [6.07, 6.45) is 0. The molecule has 0 fully saturated rings. The Morgan fingerprint density at radius 2 is 2.09 bits per heavy atom. The van der Waals surface area contributed by atoms with Gasteiger partial charge in [-0.15, -0.1) is 0 Å². The molecule has 0 unspecified atom stereocenters. The lowest BCUT2D eigenvalue weighted by atomic mass is 10.3. The number of carbonyl (C=O) groups excluding carboxylic acids is 2. The van der Waals surface area contributed by atoms with Gasteiger partial charge in [0.05, 0.1) is 11.6 Å². The number of esters is 1. The Bertz CT molecular complexity index is 640. The number of nitriles is 1. The van der Waals surface area contributed by atoms with E-state index in [1.165, 1.54) is 24.3 Å². The summed E-state index contributed by atoms with van der Waals surface area (Å²) in [6, 6.07) is 5.90. The van der Waals surface area contributed by atoms with Gasteiger partial charge < -0.3 is 14.3 Å². The Morgan fingerprint density at radius 3 is 2.68 bits per heavy atom. The van der Waals surface area contributed by atoms with Crippen LogP contribution in [0, 0.1) is 11.3 Å². The van der Waals surface area contributed by atoms with Crippen LogP contribution in [0.5, 0.6) is 5.75 Å². The lowest BCUT2D eigenvalue weighted by Gasteiger charge is -2.06. The molecular formula is C13H10Cl2N2O5. The van der Waals surface area contributed by atoms with Crippen LogP contribution in [-0.4, -0.2) is 30.9 Å². The van der Waals surface area contributed by atoms with Gasteiger partial charge >= 0.3 is 11.9 Å². The van der Waals surface area contributed by atoms with Crippen molar-refractivity contribution >= 4 is 40.9 Å². The molecule has 0 aliphatic rings. The van der Waals surface area contributed by atoms with Gasteiger partial charge in [-0.3, -0.25) is 0 Å². The summed E-state index contributed by atoms with van der Waals surface area (Å²) >= 11 is 11.6. The van der Waals surface area contributed by atoms with Crippen molar-refractivity contribution in [2.45, 2.75) is 6.92 Å². The van der Waals surface area contributed by atoms with Crippen molar-refractivity contribution in [2.24, 2.45) is 5.16 Å². The molecule has 0 N–H and O–H groups in total. The van der Waals surface area contributed by atoms with E-state index in [9.17, 15) is 9.59 Å². The molecule has 0 amide bonds. The second kappa shape index (κ2) is 8.87. The fraction of sp³-hybridized carbons (Fsp3) is 0.231. The molecule has 1 aromatic carbocycles. The Kier molecular flexibility index (Phi) is 7.16. The van der Waals surface area contributed by atoms with E-state index in [0.717, 1.165) is 0 Å². The van der Waals surface area contributed by atoms with E-state index in [2.05, 4.69) is 14.7 Å². The first-order valence-corrected chi connectivity index (χ1v) is 6.66. The van der Waals surface area contributed by atoms with Crippen molar-refractivity contribution in [1.29, 1.82) is 5.26 Å². The molecule has 116 valence electrons. The minimum atomic E-state index is -0.987. The third-order valence-electron chi connectivity index (χ3n) is 2.05. The van der Waals surface area contributed by atoms with Crippen LogP contribution in [0.2, 0.25) is 10.0 Å². The third kappa shape index (κ3) is 5.60. The van der Waals surface area contributed by atoms with Crippen molar-refractivity contribution in [2.75, 3.05) is 13.2 Å². The molecule has 22 heavy (non-hydrogen) atoms. The van der Waals surface area contributed by atoms with Crippen molar-refractivity contribution in [1.82, 2.24) is 0 Å². The second-order valence-corrected chi connectivity index (χ2v) is 4.44. The zero-order valence-corrected chi connectivity index (χ0v) is 12.8. The molecule has 1 aromatic rings. The smallest absolute Gasteiger partial charge is 0.372 e. The number of hydrogen-bond acceptors (Lipinski definition) is 7. The van der Waals surface area contributed by atoms with Gasteiger partial charge in [0.2, 0.25) is 0 Å². The summed E-state index contributed by atoms with van der Waals surface area (Å²) in [5.74, 6) is -1.69. The maximum Gasteiger partial charge on any atom is 0.372 e. The maximum absolute atomic E-state index is 11.4. The Morgan fingerprint density at radius 1 is 1.36 bits per heavy atom. The summed E-state index contributed by atoms with van der Waals surface area (Å²) < 4.78 is 9.63. The van der Waals surface area contributed by atoms with Crippen molar-refractivity contribution in [3.05, 3.63) is 28.2 Å². The first kappa shape index (κ1) is 17.8. The van der Waals surface area contributed by atoms with Crippen LogP contribution < -0.4 is 4.74 Å². The number of halogens is 2. The van der Waals surface area contributed by atoms with Crippen LogP contribution in [0.1, 0.15) is 6.92 Å². The standard InChI is InChI=1S/C13H10Cl2N2O5/c1-2-20-13(19)10(6-16)17-22-12(18)7-21-11-4-3-8(14)5-9(11)15/h3-5H,2,7H2,1H3/b17-10+. The summed E-state index contributed by atoms with van der Waals surface area (Å²) in [6.45, 7) is 1.10. The molecule has 0 bridgehead atoms. The molecule has 0 aliphatic carbocycles. The summed E-state index contributed by atoms with van der Waals surface area (Å²) in [5.41, 5.74) is -0.681. The van der Waals surface area contributed by atoms with Crippen LogP contribution in [0.3, 0.4) is 0 Å². The molecule has 1 rings (SSSR count). The molecule has 0 heterocycles. The average Bonchev–Trinajstić information content (AvgIpc) is 2.47. The highest BCUT2D eigenvalue weighted by Crippen LogP contribution is 2.27. The molecular weight excluding hydrogens is 335 g/mol. The van der Waals surface area contributed by atoms with E-state index in [0.29, 0.717) is 5.02 Å². The van der Waals surface area contributed by atoms with Gasteiger partial charge in [-0.2, -0.15) is 5.26 Å². The van der Waals surface area contributed by atoms with Gasteiger partial charge in [0, 0.05) is 5.02 Å². The number of rotatable bonds is 6. The van der Waals surface area contributed by atoms with E-state index in [1.807, 2.05) is 0 Å². The lowest BCUT2D eigenvalue weighted by Crippen LogP contribution is -2.18. The van der Waals surface area contributed by atoms with Crippen LogP contribution in [0.4, 0.5) is 0 Å². The highest BCUT2D eigenvalue weighted by Gasteiger charge is 2.14.